The Hall–Kier alpha value is -1.22. The summed E-state index contributed by atoms with van der Waals surface area (Å²) < 4.78 is 0. The molecule has 0 N–H and O–H groups in total. The maximum Gasteiger partial charge on any atom is 0.178 e. The zero-order valence-corrected chi connectivity index (χ0v) is 8.85. The monoisotopic (exact) mass is 204 g/mol. The van der Waals surface area contributed by atoms with Gasteiger partial charge in [-0.1, -0.05) is 6.42 Å². The first-order chi connectivity index (χ1) is 7.36. The second kappa shape index (κ2) is 5.03. The molecular formula is C12H16N2O. The number of likely N-dealkylation sites (tertiary alicyclic amines) is 1. The summed E-state index contributed by atoms with van der Waals surface area (Å²) in [5.41, 5.74) is 0.725. The van der Waals surface area contributed by atoms with Gasteiger partial charge in [0, 0.05) is 18.0 Å². The second-order valence-electron chi connectivity index (χ2n) is 4.00. The number of hydrogen-bond donors (Lipinski definition) is 0. The van der Waals surface area contributed by atoms with Gasteiger partial charge in [0.25, 0.3) is 0 Å². The summed E-state index contributed by atoms with van der Waals surface area (Å²) in [6.07, 6.45) is 7.09. The van der Waals surface area contributed by atoms with Crippen molar-refractivity contribution < 1.29 is 4.79 Å². The molecule has 2 heterocycles. The highest BCUT2D eigenvalue weighted by molar-refractivity contribution is 5.97. The van der Waals surface area contributed by atoms with Gasteiger partial charge >= 0.3 is 0 Å². The zero-order valence-electron chi connectivity index (χ0n) is 8.85. The van der Waals surface area contributed by atoms with E-state index < -0.39 is 0 Å². The van der Waals surface area contributed by atoms with E-state index in [2.05, 4.69) is 9.88 Å². The molecule has 3 nitrogen and oxygen atoms in total. The van der Waals surface area contributed by atoms with Crippen LogP contribution in [0.4, 0.5) is 0 Å². The molecule has 0 spiro atoms. The van der Waals surface area contributed by atoms with Gasteiger partial charge in [-0.15, -0.1) is 0 Å². The highest BCUT2D eigenvalue weighted by Crippen LogP contribution is 2.09. The SMILES string of the molecule is O=C(CN1CCCCC1)c1cccnc1. The van der Waals surface area contributed by atoms with Gasteiger partial charge in [0.05, 0.1) is 6.54 Å². The van der Waals surface area contributed by atoms with Gasteiger partial charge in [-0.3, -0.25) is 14.7 Å². The molecule has 0 aliphatic carbocycles. The van der Waals surface area contributed by atoms with E-state index in [1.165, 1.54) is 19.3 Å². The molecule has 1 aromatic heterocycles. The van der Waals surface area contributed by atoms with E-state index >= 15 is 0 Å². The third-order valence-corrected chi connectivity index (χ3v) is 2.80. The molecule has 1 saturated heterocycles. The van der Waals surface area contributed by atoms with Crippen molar-refractivity contribution in [1.29, 1.82) is 0 Å². The third kappa shape index (κ3) is 2.86. The van der Waals surface area contributed by atoms with E-state index in [0.29, 0.717) is 6.54 Å². The highest BCUT2D eigenvalue weighted by atomic mass is 16.1. The highest BCUT2D eigenvalue weighted by Gasteiger charge is 2.14. The van der Waals surface area contributed by atoms with Crippen LogP contribution in [-0.2, 0) is 0 Å². The van der Waals surface area contributed by atoms with E-state index in [0.717, 1.165) is 18.7 Å². The van der Waals surface area contributed by atoms with Gasteiger partial charge < -0.3 is 0 Å². The van der Waals surface area contributed by atoms with Crippen LogP contribution in [-0.4, -0.2) is 35.3 Å². The van der Waals surface area contributed by atoms with Crippen molar-refractivity contribution >= 4 is 5.78 Å². The van der Waals surface area contributed by atoms with Crippen LogP contribution in [0.3, 0.4) is 0 Å². The predicted molar refractivity (Wildman–Crippen MR) is 58.9 cm³/mol. The van der Waals surface area contributed by atoms with Gasteiger partial charge in [0.15, 0.2) is 5.78 Å². The van der Waals surface area contributed by atoms with E-state index in [1.54, 1.807) is 12.4 Å². The number of carbonyl (C=O) groups is 1. The lowest BCUT2D eigenvalue weighted by molar-refractivity contribution is 0.0915. The molecular weight excluding hydrogens is 188 g/mol. The lowest BCUT2D eigenvalue weighted by Crippen LogP contribution is -2.34. The molecule has 0 unspecified atom stereocenters. The molecule has 0 amide bonds. The Morgan fingerprint density at radius 1 is 1.33 bits per heavy atom. The first-order valence-electron chi connectivity index (χ1n) is 5.52. The van der Waals surface area contributed by atoms with Gasteiger partial charge in [0.1, 0.15) is 0 Å². The number of aromatic nitrogens is 1. The van der Waals surface area contributed by atoms with Crippen molar-refractivity contribution in [2.75, 3.05) is 19.6 Å². The summed E-state index contributed by atoms with van der Waals surface area (Å²) in [6, 6.07) is 3.64. The normalized spacial score (nSPS) is 17.6. The van der Waals surface area contributed by atoms with Crippen LogP contribution in [0.1, 0.15) is 29.6 Å². The average Bonchev–Trinajstić information content (AvgIpc) is 2.31. The molecule has 1 aliphatic rings. The van der Waals surface area contributed by atoms with Gasteiger partial charge in [-0.2, -0.15) is 0 Å². The number of pyridine rings is 1. The van der Waals surface area contributed by atoms with E-state index in [-0.39, 0.29) is 5.78 Å². The summed E-state index contributed by atoms with van der Waals surface area (Å²) >= 11 is 0. The van der Waals surface area contributed by atoms with Gasteiger partial charge in [-0.05, 0) is 38.1 Å². The fraction of sp³-hybridized carbons (Fsp3) is 0.500. The summed E-state index contributed by atoms with van der Waals surface area (Å²) in [4.78, 5) is 18.0. The van der Waals surface area contributed by atoms with Crippen molar-refractivity contribution in [3.63, 3.8) is 0 Å². The van der Waals surface area contributed by atoms with Gasteiger partial charge in [0.2, 0.25) is 0 Å². The number of ketones is 1. The van der Waals surface area contributed by atoms with Crippen LogP contribution in [0.2, 0.25) is 0 Å². The minimum atomic E-state index is 0.185. The van der Waals surface area contributed by atoms with Crippen LogP contribution in [0.15, 0.2) is 24.5 Å². The standard InChI is InChI=1S/C12H16N2O/c15-12(11-5-4-6-13-9-11)10-14-7-2-1-3-8-14/h4-6,9H,1-3,7-8,10H2. The Labute approximate surface area is 90.1 Å². The predicted octanol–water partition coefficient (Wildman–Crippen LogP) is 1.75. The lowest BCUT2D eigenvalue weighted by Gasteiger charge is -2.25. The number of rotatable bonds is 3. The maximum atomic E-state index is 11.8. The molecule has 80 valence electrons. The first kappa shape index (κ1) is 10.3. The first-order valence-corrected chi connectivity index (χ1v) is 5.52. The molecule has 2 rings (SSSR count). The van der Waals surface area contributed by atoms with E-state index in [1.807, 2.05) is 12.1 Å². The molecule has 0 saturated carbocycles. The summed E-state index contributed by atoms with van der Waals surface area (Å²) in [7, 11) is 0. The number of Topliss-reactive ketones (excluding diaryl/α,β-unsaturated/α-hetero) is 1. The minimum absolute atomic E-state index is 0.185. The van der Waals surface area contributed by atoms with Crippen LogP contribution in [0.25, 0.3) is 0 Å². The molecule has 1 fully saturated rings. The molecule has 0 atom stereocenters. The Bertz CT molecular complexity index is 318. The fourth-order valence-corrected chi connectivity index (χ4v) is 1.94. The molecule has 0 radical (unpaired) electrons. The largest absolute Gasteiger partial charge is 0.296 e. The summed E-state index contributed by atoms with van der Waals surface area (Å²) in [6.45, 7) is 2.67. The number of hydrogen-bond acceptors (Lipinski definition) is 3. The lowest BCUT2D eigenvalue weighted by atomic mass is 10.1. The maximum absolute atomic E-state index is 11.8. The Morgan fingerprint density at radius 2 is 2.13 bits per heavy atom. The second-order valence-corrected chi connectivity index (χ2v) is 4.00. The topological polar surface area (TPSA) is 33.2 Å². The zero-order chi connectivity index (χ0) is 10.5. The summed E-state index contributed by atoms with van der Waals surface area (Å²) in [5, 5.41) is 0. The van der Waals surface area contributed by atoms with Crippen molar-refractivity contribution in [2.45, 2.75) is 19.3 Å². The van der Waals surface area contributed by atoms with E-state index in [9.17, 15) is 4.79 Å². The molecule has 3 heteroatoms. The third-order valence-electron chi connectivity index (χ3n) is 2.80. The minimum Gasteiger partial charge on any atom is -0.296 e. The quantitative estimate of drug-likeness (QED) is 0.703. The molecule has 1 aliphatic heterocycles. The fourth-order valence-electron chi connectivity index (χ4n) is 1.94. The van der Waals surface area contributed by atoms with Crippen molar-refractivity contribution in [2.24, 2.45) is 0 Å². The molecule has 0 aromatic carbocycles. The van der Waals surface area contributed by atoms with Crippen LogP contribution < -0.4 is 0 Å². The Balaban J connectivity index is 1.91. The number of nitrogens with zero attached hydrogens (tertiary/aromatic N) is 2. The van der Waals surface area contributed by atoms with Gasteiger partial charge in [-0.25, -0.2) is 0 Å². The molecule has 1 aromatic rings. The van der Waals surface area contributed by atoms with Crippen molar-refractivity contribution in [1.82, 2.24) is 9.88 Å². The van der Waals surface area contributed by atoms with Crippen LogP contribution in [0.5, 0.6) is 0 Å². The van der Waals surface area contributed by atoms with Crippen LogP contribution >= 0.6 is 0 Å². The van der Waals surface area contributed by atoms with Crippen molar-refractivity contribution in [3.8, 4) is 0 Å². The smallest absolute Gasteiger partial charge is 0.178 e. The Kier molecular flexibility index (Phi) is 3.45. The summed E-state index contributed by atoms with van der Waals surface area (Å²) in [5.74, 6) is 0.185. The molecule has 15 heavy (non-hydrogen) atoms. The van der Waals surface area contributed by atoms with Crippen LogP contribution in [0, 0.1) is 0 Å². The van der Waals surface area contributed by atoms with E-state index in [4.69, 9.17) is 0 Å². The molecule has 0 bridgehead atoms. The number of carbonyl (C=O) groups excluding carboxylic acids is 1. The Morgan fingerprint density at radius 3 is 2.80 bits per heavy atom. The van der Waals surface area contributed by atoms with Crippen molar-refractivity contribution in [3.05, 3.63) is 30.1 Å². The average molecular weight is 204 g/mol. The number of piperidine rings is 1.